The Bertz CT molecular complexity index is 865. The molecule has 24 heavy (non-hydrogen) atoms. The number of benzene rings is 1. The lowest BCUT2D eigenvalue weighted by Crippen LogP contribution is -2.50. The monoisotopic (exact) mass is 352 g/mol. The van der Waals surface area contributed by atoms with Crippen molar-refractivity contribution in [1.29, 1.82) is 0 Å². The molecule has 2 aromatic rings. The van der Waals surface area contributed by atoms with Crippen LogP contribution in [-0.4, -0.2) is 30.1 Å². The first-order valence-corrected chi connectivity index (χ1v) is 8.91. The fourth-order valence-corrected chi connectivity index (χ4v) is 4.18. The number of nitrogens with zero attached hydrogens (tertiary/aromatic N) is 2. The molecular weight excluding hydrogens is 335 g/mol. The minimum atomic E-state index is -4.05. The molecule has 2 atom stereocenters. The normalized spacial score (nSPS) is 21.5. The number of halogens is 1. The van der Waals surface area contributed by atoms with Gasteiger partial charge >= 0.3 is 0 Å². The number of carbonyl (C=O) groups excluding carboxylic acids is 1. The topological polar surface area (TPSA) is 93.1 Å². The van der Waals surface area contributed by atoms with Crippen LogP contribution in [-0.2, 0) is 21.9 Å². The highest BCUT2D eigenvalue weighted by Gasteiger charge is 2.35. The summed E-state index contributed by atoms with van der Waals surface area (Å²) in [5.41, 5.74) is 0.671. The van der Waals surface area contributed by atoms with Gasteiger partial charge in [-0.25, -0.2) is 17.5 Å². The Balaban J connectivity index is 1.91. The Kier molecular flexibility index (Phi) is 4.37. The average Bonchev–Trinajstić information content (AvgIpc) is 2.95. The van der Waals surface area contributed by atoms with E-state index in [1.54, 1.807) is 24.0 Å². The number of rotatable bonds is 4. The predicted octanol–water partition coefficient (Wildman–Crippen LogP) is 0.857. The van der Waals surface area contributed by atoms with Crippen LogP contribution in [0.5, 0.6) is 0 Å². The number of amides is 1. The Morgan fingerprint density at radius 3 is 2.75 bits per heavy atom. The van der Waals surface area contributed by atoms with Gasteiger partial charge in [0, 0.05) is 25.7 Å². The van der Waals surface area contributed by atoms with E-state index >= 15 is 0 Å². The zero-order chi connectivity index (χ0) is 17.3. The summed E-state index contributed by atoms with van der Waals surface area (Å²) in [5, 5.41) is 6.83. The third-order valence-electron chi connectivity index (χ3n) is 4.01. The van der Waals surface area contributed by atoms with E-state index in [0.29, 0.717) is 12.1 Å². The second kappa shape index (κ2) is 6.33. The minimum Gasteiger partial charge on any atom is -0.346 e. The molecule has 0 radical (unpaired) electrons. The first kappa shape index (κ1) is 16.6. The molecule has 0 bridgehead atoms. The van der Waals surface area contributed by atoms with Crippen LogP contribution in [0.25, 0.3) is 0 Å². The first-order chi connectivity index (χ1) is 11.4. The van der Waals surface area contributed by atoms with Crippen LogP contribution >= 0.6 is 0 Å². The molecule has 2 heterocycles. The van der Waals surface area contributed by atoms with E-state index in [4.69, 9.17) is 0 Å². The zero-order valence-electron chi connectivity index (χ0n) is 12.9. The molecule has 2 N–H and O–H groups in total. The SMILES string of the molecule is Cn1nccc1[C@@H]1NC(=O)CC[C@H]1NS(=O)(=O)c1ccccc1F. The number of nitrogens with one attached hydrogen (secondary N) is 2. The Hall–Kier alpha value is -2.26. The predicted molar refractivity (Wildman–Crippen MR) is 83.8 cm³/mol. The lowest BCUT2D eigenvalue weighted by molar-refractivity contribution is -0.123. The summed E-state index contributed by atoms with van der Waals surface area (Å²) in [6.07, 6.45) is 2.08. The maximum absolute atomic E-state index is 13.8. The summed E-state index contributed by atoms with van der Waals surface area (Å²) in [4.78, 5) is 11.3. The smallest absolute Gasteiger partial charge is 0.243 e. The molecule has 0 saturated carbocycles. The second-order valence-electron chi connectivity index (χ2n) is 5.62. The van der Waals surface area contributed by atoms with Crippen molar-refractivity contribution >= 4 is 15.9 Å². The van der Waals surface area contributed by atoms with Gasteiger partial charge in [-0.2, -0.15) is 5.10 Å². The fourth-order valence-electron chi connectivity index (χ4n) is 2.82. The van der Waals surface area contributed by atoms with Crippen LogP contribution in [0.1, 0.15) is 24.6 Å². The van der Waals surface area contributed by atoms with Gasteiger partial charge in [0.2, 0.25) is 15.9 Å². The lowest BCUT2D eigenvalue weighted by Gasteiger charge is -2.32. The van der Waals surface area contributed by atoms with Gasteiger partial charge in [-0.05, 0) is 24.6 Å². The van der Waals surface area contributed by atoms with E-state index in [2.05, 4.69) is 15.1 Å². The molecule has 0 unspecified atom stereocenters. The summed E-state index contributed by atoms with van der Waals surface area (Å²) in [5.74, 6) is -0.982. The van der Waals surface area contributed by atoms with E-state index in [-0.39, 0.29) is 12.3 Å². The maximum atomic E-state index is 13.8. The van der Waals surface area contributed by atoms with E-state index in [0.717, 1.165) is 6.07 Å². The van der Waals surface area contributed by atoms with E-state index in [1.807, 2.05) is 0 Å². The number of aromatic nitrogens is 2. The quantitative estimate of drug-likeness (QED) is 0.853. The third-order valence-corrected chi connectivity index (χ3v) is 5.53. The minimum absolute atomic E-state index is 0.164. The number of hydrogen-bond acceptors (Lipinski definition) is 4. The molecule has 3 rings (SSSR count). The van der Waals surface area contributed by atoms with Crippen LogP contribution in [0.2, 0.25) is 0 Å². The van der Waals surface area contributed by atoms with Crippen molar-refractivity contribution < 1.29 is 17.6 Å². The van der Waals surface area contributed by atoms with Gasteiger partial charge < -0.3 is 5.32 Å². The molecule has 1 aliphatic rings. The first-order valence-electron chi connectivity index (χ1n) is 7.42. The molecule has 0 spiro atoms. The van der Waals surface area contributed by atoms with E-state index < -0.39 is 32.8 Å². The van der Waals surface area contributed by atoms with Gasteiger partial charge in [-0.15, -0.1) is 0 Å². The van der Waals surface area contributed by atoms with Crippen molar-refractivity contribution in [3.05, 3.63) is 48.0 Å². The summed E-state index contributed by atoms with van der Waals surface area (Å²) >= 11 is 0. The van der Waals surface area contributed by atoms with Gasteiger partial charge in [0.25, 0.3) is 0 Å². The van der Waals surface area contributed by atoms with E-state index in [9.17, 15) is 17.6 Å². The molecule has 9 heteroatoms. The molecule has 1 saturated heterocycles. The summed E-state index contributed by atoms with van der Waals surface area (Å²) in [6, 6.07) is 5.73. The molecule has 1 aromatic heterocycles. The molecule has 128 valence electrons. The summed E-state index contributed by atoms with van der Waals surface area (Å²) < 4.78 is 43.0. The molecule has 1 amide bonds. The van der Waals surface area contributed by atoms with Gasteiger partial charge in [-0.1, -0.05) is 12.1 Å². The molecule has 0 aliphatic carbocycles. The average molecular weight is 352 g/mol. The van der Waals surface area contributed by atoms with Crippen LogP contribution < -0.4 is 10.0 Å². The largest absolute Gasteiger partial charge is 0.346 e. The molecule has 1 fully saturated rings. The molecule has 1 aliphatic heterocycles. The van der Waals surface area contributed by atoms with Gasteiger partial charge in [0.15, 0.2) is 0 Å². The fraction of sp³-hybridized carbons (Fsp3) is 0.333. The highest BCUT2D eigenvalue weighted by atomic mass is 32.2. The van der Waals surface area contributed by atoms with Crippen molar-refractivity contribution in [2.45, 2.75) is 29.8 Å². The molecule has 1 aromatic carbocycles. The van der Waals surface area contributed by atoms with Crippen LogP contribution in [0.15, 0.2) is 41.4 Å². The molecular formula is C15H17FN4O3S. The number of sulfonamides is 1. The van der Waals surface area contributed by atoms with Gasteiger partial charge in [0.05, 0.1) is 11.7 Å². The summed E-state index contributed by atoms with van der Waals surface area (Å²) in [7, 11) is -2.34. The maximum Gasteiger partial charge on any atom is 0.243 e. The Morgan fingerprint density at radius 1 is 1.33 bits per heavy atom. The van der Waals surface area contributed by atoms with Crippen LogP contribution in [0, 0.1) is 5.82 Å². The second-order valence-corrected chi connectivity index (χ2v) is 7.30. The van der Waals surface area contributed by atoms with Crippen molar-refractivity contribution in [2.24, 2.45) is 7.05 Å². The van der Waals surface area contributed by atoms with Crippen LogP contribution in [0.4, 0.5) is 4.39 Å². The number of hydrogen-bond donors (Lipinski definition) is 2. The number of carbonyl (C=O) groups is 1. The Labute approximate surface area is 138 Å². The standard InChI is InChI=1S/C15H17FN4O3S/c1-20-12(8-9-17-20)15-11(6-7-14(21)18-15)19-24(22,23)13-5-3-2-4-10(13)16/h2-5,8-9,11,15,19H,6-7H2,1H3,(H,18,21)/t11-,15-/m1/s1. The van der Waals surface area contributed by atoms with Gasteiger partial charge in [0.1, 0.15) is 10.7 Å². The number of piperidine rings is 1. The Morgan fingerprint density at radius 2 is 2.08 bits per heavy atom. The number of aryl methyl sites for hydroxylation is 1. The van der Waals surface area contributed by atoms with Crippen molar-refractivity contribution in [2.75, 3.05) is 0 Å². The van der Waals surface area contributed by atoms with E-state index in [1.165, 1.54) is 18.2 Å². The van der Waals surface area contributed by atoms with Crippen LogP contribution in [0.3, 0.4) is 0 Å². The van der Waals surface area contributed by atoms with Gasteiger partial charge in [-0.3, -0.25) is 9.48 Å². The molecule has 7 nitrogen and oxygen atoms in total. The zero-order valence-corrected chi connectivity index (χ0v) is 13.8. The van der Waals surface area contributed by atoms with Crippen molar-refractivity contribution in [3.8, 4) is 0 Å². The van der Waals surface area contributed by atoms with Crippen molar-refractivity contribution in [3.63, 3.8) is 0 Å². The van der Waals surface area contributed by atoms with Crippen molar-refractivity contribution in [1.82, 2.24) is 19.8 Å². The summed E-state index contributed by atoms with van der Waals surface area (Å²) in [6.45, 7) is 0. The lowest BCUT2D eigenvalue weighted by atomic mass is 9.96. The highest BCUT2D eigenvalue weighted by Crippen LogP contribution is 2.25. The third kappa shape index (κ3) is 3.17. The highest BCUT2D eigenvalue weighted by molar-refractivity contribution is 7.89.